The van der Waals surface area contributed by atoms with E-state index in [-0.39, 0.29) is 12.5 Å². The number of aliphatic hydroxyl groups is 2. The minimum absolute atomic E-state index is 0.0615. The maximum Gasteiger partial charge on any atom is 0.220 e. The molecule has 0 aromatic heterocycles. The first kappa shape index (κ1) is 62.4. The summed E-state index contributed by atoms with van der Waals surface area (Å²) in [6.07, 6.45) is 77.0. The van der Waals surface area contributed by atoms with E-state index in [1.807, 2.05) is 6.08 Å². The molecule has 4 nitrogen and oxygen atoms in total. The van der Waals surface area contributed by atoms with Crippen molar-refractivity contribution in [1.82, 2.24) is 5.32 Å². The van der Waals surface area contributed by atoms with Crippen LogP contribution in [0.5, 0.6) is 0 Å². The Morgan fingerprint density at radius 1 is 0.375 bits per heavy atom. The molecule has 3 N–H and O–H groups in total. The lowest BCUT2D eigenvalue weighted by molar-refractivity contribution is -0.123. The third-order valence-corrected chi connectivity index (χ3v) is 13.3. The highest BCUT2D eigenvalue weighted by atomic mass is 16.3. The summed E-state index contributed by atoms with van der Waals surface area (Å²) in [7, 11) is 0. The highest BCUT2D eigenvalue weighted by molar-refractivity contribution is 5.76. The number of aliphatic hydroxyl groups excluding tert-OH is 2. The minimum Gasteiger partial charge on any atom is -0.394 e. The van der Waals surface area contributed by atoms with E-state index in [2.05, 4.69) is 55.6 Å². The van der Waals surface area contributed by atoms with Gasteiger partial charge < -0.3 is 15.5 Å². The summed E-state index contributed by atoms with van der Waals surface area (Å²) >= 11 is 0. The first-order chi connectivity index (χ1) is 31.7. The molecule has 2 unspecified atom stereocenters. The number of unbranched alkanes of at least 4 members (excludes halogenated alkanes) is 40. The summed E-state index contributed by atoms with van der Waals surface area (Å²) < 4.78 is 0. The molecule has 0 aliphatic carbocycles. The van der Waals surface area contributed by atoms with Gasteiger partial charge in [0.15, 0.2) is 0 Å². The summed E-state index contributed by atoms with van der Waals surface area (Å²) in [5.41, 5.74) is 0. The Kier molecular flexibility index (Phi) is 54.2. The maximum absolute atomic E-state index is 12.5. The molecular formula is C60H113NO3. The van der Waals surface area contributed by atoms with Gasteiger partial charge in [0.1, 0.15) is 0 Å². The minimum atomic E-state index is -0.841. The number of amides is 1. The summed E-state index contributed by atoms with van der Waals surface area (Å²) in [5, 5.41) is 23.2. The number of hydrogen-bond donors (Lipinski definition) is 3. The Labute approximate surface area is 401 Å². The van der Waals surface area contributed by atoms with E-state index in [1.165, 1.54) is 250 Å². The molecule has 0 aliphatic rings. The van der Waals surface area contributed by atoms with Gasteiger partial charge >= 0.3 is 0 Å². The topological polar surface area (TPSA) is 69.6 Å². The van der Waals surface area contributed by atoms with Gasteiger partial charge in [0.05, 0.1) is 18.8 Å². The molecule has 0 spiro atoms. The van der Waals surface area contributed by atoms with Crippen LogP contribution in [0, 0.1) is 0 Å². The first-order valence-corrected chi connectivity index (χ1v) is 28.9. The van der Waals surface area contributed by atoms with E-state index in [0.29, 0.717) is 6.42 Å². The zero-order chi connectivity index (χ0) is 46.3. The molecule has 0 aliphatic heterocycles. The molecule has 1 amide bonds. The van der Waals surface area contributed by atoms with Gasteiger partial charge in [-0.1, -0.05) is 294 Å². The molecule has 2 atom stereocenters. The third kappa shape index (κ3) is 51.3. The van der Waals surface area contributed by atoms with Crippen LogP contribution in [0.2, 0.25) is 0 Å². The second-order valence-electron chi connectivity index (χ2n) is 19.7. The van der Waals surface area contributed by atoms with Crippen molar-refractivity contribution < 1.29 is 15.0 Å². The molecule has 64 heavy (non-hydrogen) atoms. The smallest absolute Gasteiger partial charge is 0.220 e. The van der Waals surface area contributed by atoms with Gasteiger partial charge in [-0.05, 0) is 57.8 Å². The highest BCUT2D eigenvalue weighted by Crippen LogP contribution is 2.17. The lowest BCUT2D eigenvalue weighted by Crippen LogP contribution is -2.45. The van der Waals surface area contributed by atoms with Crippen molar-refractivity contribution in [3.63, 3.8) is 0 Å². The number of allylic oxidation sites excluding steroid dienone is 7. The lowest BCUT2D eigenvalue weighted by Gasteiger charge is -2.20. The molecule has 0 aromatic rings. The molecule has 376 valence electrons. The van der Waals surface area contributed by atoms with Crippen LogP contribution < -0.4 is 5.32 Å². The van der Waals surface area contributed by atoms with Crippen molar-refractivity contribution in [3.8, 4) is 0 Å². The van der Waals surface area contributed by atoms with Crippen LogP contribution in [0.1, 0.15) is 309 Å². The van der Waals surface area contributed by atoms with Crippen molar-refractivity contribution in [2.75, 3.05) is 6.61 Å². The molecule has 0 saturated heterocycles. The van der Waals surface area contributed by atoms with Crippen molar-refractivity contribution in [1.29, 1.82) is 0 Å². The fourth-order valence-corrected chi connectivity index (χ4v) is 8.89. The molecule has 0 radical (unpaired) electrons. The highest BCUT2D eigenvalue weighted by Gasteiger charge is 2.18. The number of carbonyl (C=O) groups is 1. The summed E-state index contributed by atoms with van der Waals surface area (Å²) in [5.74, 6) is -0.0615. The lowest BCUT2D eigenvalue weighted by atomic mass is 10.0. The average molecular weight is 897 g/mol. The zero-order valence-electron chi connectivity index (χ0n) is 43.3. The Hall–Kier alpha value is -1.65. The number of rotatable bonds is 53. The Morgan fingerprint density at radius 3 is 0.953 bits per heavy atom. The van der Waals surface area contributed by atoms with E-state index in [1.54, 1.807) is 6.08 Å². The predicted octanol–water partition coefficient (Wildman–Crippen LogP) is 19.0. The average Bonchev–Trinajstić information content (AvgIpc) is 3.30. The van der Waals surface area contributed by atoms with E-state index >= 15 is 0 Å². The Morgan fingerprint density at radius 2 is 0.641 bits per heavy atom. The van der Waals surface area contributed by atoms with Crippen LogP contribution >= 0.6 is 0 Å². The molecule has 0 fully saturated rings. The molecule has 4 heteroatoms. The van der Waals surface area contributed by atoms with Crippen LogP contribution in [0.3, 0.4) is 0 Å². The summed E-state index contributed by atoms with van der Waals surface area (Å²) in [6.45, 7) is 4.33. The molecule has 0 rings (SSSR count). The van der Waals surface area contributed by atoms with Gasteiger partial charge in [0.2, 0.25) is 5.91 Å². The van der Waals surface area contributed by atoms with Crippen molar-refractivity contribution in [2.24, 2.45) is 0 Å². The van der Waals surface area contributed by atoms with Gasteiger partial charge in [-0.15, -0.1) is 0 Å². The summed E-state index contributed by atoms with van der Waals surface area (Å²) in [6, 6.07) is -0.624. The Balaban J connectivity index is 3.49. The number of nitrogens with one attached hydrogen (secondary N) is 1. The van der Waals surface area contributed by atoms with Crippen molar-refractivity contribution >= 4 is 5.91 Å². The normalized spacial score (nSPS) is 13.1. The predicted molar refractivity (Wildman–Crippen MR) is 285 cm³/mol. The van der Waals surface area contributed by atoms with Crippen LogP contribution in [0.4, 0.5) is 0 Å². The quantitative estimate of drug-likeness (QED) is 0.0421. The van der Waals surface area contributed by atoms with Gasteiger partial charge in [0, 0.05) is 6.42 Å². The molecule has 0 bridgehead atoms. The van der Waals surface area contributed by atoms with Gasteiger partial charge in [-0.25, -0.2) is 0 Å². The maximum atomic E-state index is 12.5. The number of hydrogen-bond acceptors (Lipinski definition) is 3. The van der Waals surface area contributed by atoms with E-state index in [0.717, 1.165) is 38.5 Å². The molecular weight excluding hydrogens is 783 g/mol. The molecule has 0 aromatic carbocycles. The SMILES string of the molecule is CCCCCCC/C=C\C/C=C\C/C=C\CCCCCCCCCCCCCCCCC(=O)NC(CO)C(O)/C=C/CCCCCCCCCCCCCCCCCCCCCCC. The Bertz CT molecular complexity index is 1020. The van der Waals surface area contributed by atoms with Crippen LogP contribution in [0.25, 0.3) is 0 Å². The standard InChI is InChI=1S/C60H113NO3/c1-3-5-7-9-11-13-15-17-19-21-23-25-27-28-29-30-31-32-34-36-38-40-42-44-46-48-50-52-54-56-60(64)61-58(57-62)59(63)55-53-51-49-47-45-43-41-39-37-35-33-26-24-22-20-18-16-14-12-10-8-6-4-2/h15,17,21,23,27-28,53,55,58-59,62-63H,3-14,16,18-20,22,24-26,29-52,54,56-57H2,1-2H3,(H,61,64)/b17-15-,23-21-,28-27-,55-53+. The van der Waals surface area contributed by atoms with E-state index in [4.69, 9.17) is 0 Å². The fraction of sp³-hybridized carbons (Fsp3) is 0.850. The summed E-state index contributed by atoms with van der Waals surface area (Å²) in [4.78, 5) is 12.5. The third-order valence-electron chi connectivity index (χ3n) is 13.3. The molecule has 0 heterocycles. The fourth-order valence-electron chi connectivity index (χ4n) is 8.89. The van der Waals surface area contributed by atoms with Gasteiger partial charge in [-0.3, -0.25) is 4.79 Å². The first-order valence-electron chi connectivity index (χ1n) is 28.9. The van der Waals surface area contributed by atoms with Gasteiger partial charge in [0.25, 0.3) is 0 Å². The van der Waals surface area contributed by atoms with Crippen molar-refractivity contribution in [3.05, 3.63) is 48.6 Å². The zero-order valence-corrected chi connectivity index (χ0v) is 43.3. The van der Waals surface area contributed by atoms with Crippen molar-refractivity contribution in [2.45, 2.75) is 321 Å². The van der Waals surface area contributed by atoms with Crippen LogP contribution in [-0.4, -0.2) is 34.9 Å². The van der Waals surface area contributed by atoms with E-state index < -0.39 is 12.1 Å². The second kappa shape index (κ2) is 55.7. The second-order valence-corrected chi connectivity index (χ2v) is 19.7. The number of carbonyl (C=O) groups excluding carboxylic acids is 1. The van der Waals surface area contributed by atoms with Gasteiger partial charge in [-0.2, -0.15) is 0 Å². The van der Waals surface area contributed by atoms with E-state index in [9.17, 15) is 15.0 Å². The monoisotopic (exact) mass is 896 g/mol. The van der Waals surface area contributed by atoms with Crippen LogP contribution in [-0.2, 0) is 4.79 Å². The van der Waals surface area contributed by atoms with Crippen LogP contribution in [0.15, 0.2) is 48.6 Å². The largest absolute Gasteiger partial charge is 0.394 e. The molecule has 0 saturated carbocycles.